The van der Waals surface area contributed by atoms with Gasteiger partial charge < -0.3 is 20.3 Å². The Morgan fingerprint density at radius 1 is 1.37 bits per heavy atom. The summed E-state index contributed by atoms with van der Waals surface area (Å²) in [5.41, 5.74) is 0. The quantitative estimate of drug-likeness (QED) is 0.653. The van der Waals surface area contributed by atoms with E-state index in [1.807, 2.05) is 0 Å². The molecular formula is C13H25N3O3. The predicted octanol–water partition coefficient (Wildman–Crippen LogP) is -0.260. The Morgan fingerprint density at radius 3 is 2.89 bits per heavy atom. The van der Waals surface area contributed by atoms with E-state index in [0.29, 0.717) is 13.2 Å². The lowest BCUT2D eigenvalue weighted by Crippen LogP contribution is -2.48. The molecule has 1 saturated heterocycles. The number of likely N-dealkylation sites (N-methyl/N-ethyl adjacent to an activating group) is 1. The number of nitrogens with zero attached hydrogens (tertiary/aromatic N) is 1. The Labute approximate surface area is 114 Å². The number of hydrogen-bond acceptors (Lipinski definition) is 4. The van der Waals surface area contributed by atoms with Crippen molar-refractivity contribution in [1.29, 1.82) is 0 Å². The largest absolute Gasteiger partial charge is 0.383 e. The normalized spacial score (nSPS) is 19.6. The average Bonchev–Trinajstić information content (AvgIpc) is 2.66. The van der Waals surface area contributed by atoms with Gasteiger partial charge in [0.2, 0.25) is 11.8 Å². The maximum absolute atomic E-state index is 12.2. The highest BCUT2D eigenvalue weighted by atomic mass is 16.5. The second-order valence-electron chi connectivity index (χ2n) is 4.89. The molecule has 0 aromatic carbocycles. The van der Waals surface area contributed by atoms with Gasteiger partial charge in [0.1, 0.15) is 0 Å². The van der Waals surface area contributed by atoms with Gasteiger partial charge in [-0.3, -0.25) is 9.59 Å². The molecule has 1 fully saturated rings. The Balaban J connectivity index is 2.32. The van der Waals surface area contributed by atoms with Crippen molar-refractivity contribution in [2.75, 3.05) is 40.4 Å². The first-order valence-electron chi connectivity index (χ1n) is 6.89. The minimum absolute atomic E-state index is 0.00351. The molecule has 2 N–H and O–H groups in total. The number of hydrogen-bond donors (Lipinski definition) is 2. The van der Waals surface area contributed by atoms with Crippen LogP contribution in [0.1, 0.15) is 25.7 Å². The number of carbonyl (C=O) groups is 2. The third-order valence-electron chi connectivity index (χ3n) is 3.24. The SMILES string of the molecule is COCCNC(=O)CN(C)C(=O)C1CCCCCN1. The summed E-state index contributed by atoms with van der Waals surface area (Å²) in [6.45, 7) is 1.93. The van der Waals surface area contributed by atoms with Crippen LogP contribution in [0.15, 0.2) is 0 Å². The van der Waals surface area contributed by atoms with E-state index in [4.69, 9.17) is 4.74 Å². The van der Waals surface area contributed by atoms with Crippen LogP contribution in [0, 0.1) is 0 Å². The van der Waals surface area contributed by atoms with Crippen molar-refractivity contribution in [3.8, 4) is 0 Å². The summed E-state index contributed by atoms with van der Waals surface area (Å²) in [5.74, 6) is -0.148. The van der Waals surface area contributed by atoms with E-state index in [1.165, 1.54) is 4.90 Å². The Bertz CT molecular complexity index is 289. The molecule has 0 spiro atoms. The second-order valence-corrected chi connectivity index (χ2v) is 4.89. The van der Waals surface area contributed by atoms with Gasteiger partial charge in [-0.05, 0) is 19.4 Å². The minimum Gasteiger partial charge on any atom is -0.383 e. The van der Waals surface area contributed by atoms with Crippen LogP contribution in [0.4, 0.5) is 0 Å². The molecule has 1 aliphatic heterocycles. The summed E-state index contributed by atoms with van der Waals surface area (Å²) >= 11 is 0. The fourth-order valence-electron chi connectivity index (χ4n) is 2.15. The summed E-state index contributed by atoms with van der Waals surface area (Å²) in [7, 11) is 3.25. The topological polar surface area (TPSA) is 70.7 Å². The Kier molecular flexibility index (Phi) is 7.43. The van der Waals surface area contributed by atoms with Gasteiger partial charge in [-0.1, -0.05) is 12.8 Å². The first kappa shape index (κ1) is 15.9. The van der Waals surface area contributed by atoms with Gasteiger partial charge in [-0.25, -0.2) is 0 Å². The molecule has 0 aromatic rings. The third-order valence-corrected chi connectivity index (χ3v) is 3.24. The molecule has 1 heterocycles. The van der Waals surface area contributed by atoms with Crippen LogP contribution in [-0.2, 0) is 14.3 Å². The Morgan fingerprint density at radius 2 is 2.16 bits per heavy atom. The number of methoxy groups -OCH3 is 1. The summed E-state index contributed by atoms with van der Waals surface area (Å²) in [6, 6.07) is -0.140. The fourth-order valence-corrected chi connectivity index (χ4v) is 2.15. The van der Waals surface area contributed by atoms with E-state index in [2.05, 4.69) is 10.6 Å². The molecule has 0 aromatic heterocycles. The van der Waals surface area contributed by atoms with Crippen molar-refractivity contribution >= 4 is 11.8 Å². The van der Waals surface area contributed by atoms with Crippen molar-refractivity contribution in [3.05, 3.63) is 0 Å². The predicted molar refractivity (Wildman–Crippen MR) is 72.8 cm³/mol. The van der Waals surface area contributed by atoms with Crippen molar-refractivity contribution in [3.63, 3.8) is 0 Å². The van der Waals surface area contributed by atoms with Gasteiger partial charge in [-0.2, -0.15) is 0 Å². The minimum atomic E-state index is -0.151. The van der Waals surface area contributed by atoms with Gasteiger partial charge in [0.05, 0.1) is 19.2 Å². The van der Waals surface area contributed by atoms with Crippen LogP contribution >= 0.6 is 0 Å². The molecule has 1 atom stereocenters. The fraction of sp³-hybridized carbons (Fsp3) is 0.846. The summed E-state index contributed by atoms with van der Waals surface area (Å²) in [5, 5.41) is 5.95. The molecule has 6 heteroatoms. The van der Waals surface area contributed by atoms with Crippen LogP contribution in [0.25, 0.3) is 0 Å². The van der Waals surface area contributed by atoms with Crippen LogP contribution in [-0.4, -0.2) is 63.2 Å². The molecule has 1 rings (SSSR count). The highest BCUT2D eigenvalue weighted by Crippen LogP contribution is 2.10. The first-order valence-corrected chi connectivity index (χ1v) is 6.89. The molecule has 1 aliphatic rings. The molecule has 19 heavy (non-hydrogen) atoms. The highest BCUT2D eigenvalue weighted by molar-refractivity contribution is 5.87. The lowest BCUT2D eigenvalue weighted by molar-refractivity contribution is -0.136. The molecule has 2 amide bonds. The standard InChI is InChI=1S/C13H25N3O3/c1-16(10-12(17)15-8-9-19-2)13(18)11-6-4-3-5-7-14-11/h11,14H,3-10H2,1-2H3,(H,15,17). The number of amides is 2. The molecule has 1 unspecified atom stereocenters. The van der Waals surface area contributed by atoms with E-state index in [-0.39, 0.29) is 24.4 Å². The van der Waals surface area contributed by atoms with Crippen LogP contribution in [0.2, 0.25) is 0 Å². The second kappa shape index (κ2) is 8.87. The zero-order valence-corrected chi connectivity index (χ0v) is 11.9. The maximum Gasteiger partial charge on any atom is 0.239 e. The Hall–Kier alpha value is -1.14. The molecule has 0 bridgehead atoms. The van der Waals surface area contributed by atoms with Gasteiger partial charge in [0.25, 0.3) is 0 Å². The lowest BCUT2D eigenvalue weighted by atomic mass is 10.1. The highest BCUT2D eigenvalue weighted by Gasteiger charge is 2.23. The molecule has 0 saturated carbocycles. The number of rotatable bonds is 6. The van der Waals surface area contributed by atoms with Crippen molar-refractivity contribution in [2.45, 2.75) is 31.7 Å². The summed E-state index contributed by atoms with van der Waals surface area (Å²) in [6.07, 6.45) is 4.20. The van der Waals surface area contributed by atoms with Crippen LogP contribution in [0.5, 0.6) is 0 Å². The van der Waals surface area contributed by atoms with E-state index in [0.717, 1.165) is 32.2 Å². The molecule has 0 aliphatic carbocycles. The van der Waals surface area contributed by atoms with Crippen molar-refractivity contribution < 1.29 is 14.3 Å². The molecule has 110 valence electrons. The third kappa shape index (κ3) is 6.02. The first-order chi connectivity index (χ1) is 9.15. The molecule has 0 radical (unpaired) electrons. The number of carbonyl (C=O) groups excluding carboxylic acids is 2. The van der Waals surface area contributed by atoms with E-state index >= 15 is 0 Å². The zero-order chi connectivity index (χ0) is 14.1. The van der Waals surface area contributed by atoms with E-state index in [9.17, 15) is 9.59 Å². The molecule has 6 nitrogen and oxygen atoms in total. The van der Waals surface area contributed by atoms with Crippen molar-refractivity contribution in [1.82, 2.24) is 15.5 Å². The van der Waals surface area contributed by atoms with Gasteiger partial charge in [-0.15, -0.1) is 0 Å². The zero-order valence-electron chi connectivity index (χ0n) is 11.9. The average molecular weight is 271 g/mol. The number of ether oxygens (including phenoxy) is 1. The van der Waals surface area contributed by atoms with Crippen LogP contribution < -0.4 is 10.6 Å². The van der Waals surface area contributed by atoms with Gasteiger partial charge in [0, 0.05) is 20.7 Å². The van der Waals surface area contributed by atoms with Gasteiger partial charge >= 0.3 is 0 Å². The van der Waals surface area contributed by atoms with E-state index < -0.39 is 0 Å². The maximum atomic E-state index is 12.2. The lowest BCUT2D eigenvalue weighted by Gasteiger charge is -2.23. The van der Waals surface area contributed by atoms with E-state index in [1.54, 1.807) is 14.2 Å². The summed E-state index contributed by atoms with van der Waals surface area (Å²) < 4.78 is 4.85. The van der Waals surface area contributed by atoms with Crippen molar-refractivity contribution in [2.24, 2.45) is 0 Å². The summed E-state index contributed by atoms with van der Waals surface area (Å²) in [4.78, 5) is 25.3. The smallest absolute Gasteiger partial charge is 0.239 e. The monoisotopic (exact) mass is 271 g/mol. The van der Waals surface area contributed by atoms with Gasteiger partial charge in [0.15, 0.2) is 0 Å². The molecular weight excluding hydrogens is 246 g/mol. The van der Waals surface area contributed by atoms with Crippen LogP contribution in [0.3, 0.4) is 0 Å². The number of nitrogens with one attached hydrogen (secondary N) is 2.